The average molecular weight is 212 g/mol. The third-order valence-corrected chi connectivity index (χ3v) is 3.67. The van der Waals surface area contributed by atoms with Crippen LogP contribution in [0, 0.1) is 0 Å². The molecule has 0 saturated carbocycles. The van der Waals surface area contributed by atoms with Crippen molar-refractivity contribution in [3.05, 3.63) is 29.8 Å². The molecule has 0 aromatic heterocycles. The normalized spacial score (nSPS) is 15.1. The number of benzene rings is 1. The van der Waals surface area contributed by atoms with Gasteiger partial charge in [-0.2, -0.15) is 0 Å². The van der Waals surface area contributed by atoms with Crippen molar-refractivity contribution in [2.45, 2.75) is 31.3 Å². The lowest BCUT2D eigenvalue weighted by molar-refractivity contribution is 0.219. The average Bonchev–Trinajstić information content (AvgIpc) is 2.16. The van der Waals surface area contributed by atoms with Gasteiger partial charge in [0.25, 0.3) is 0 Å². The Bertz CT molecular complexity index is 321. The van der Waals surface area contributed by atoms with Crippen LogP contribution < -0.4 is 0 Å². The molecule has 78 valence electrons. The van der Waals surface area contributed by atoms with Crippen LogP contribution in [0.25, 0.3) is 0 Å². The molecule has 2 atom stereocenters. The molecule has 2 nitrogen and oxygen atoms in total. The highest BCUT2D eigenvalue weighted by molar-refractivity contribution is 7.85. The summed E-state index contributed by atoms with van der Waals surface area (Å²) in [5.41, 5.74) is 1.10. The Hall–Kier alpha value is -0.670. The number of aryl methyl sites for hydroxylation is 1. The summed E-state index contributed by atoms with van der Waals surface area (Å²) in [7, 11) is -1.07. The molecule has 1 aromatic carbocycles. The number of hydrogen-bond donors (Lipinski definition) is 1. The van der Waals surface area contributed by atoms with Gasteiger partial charge in [-0.15, -0.1) is 0 Å². The molecule has 0 radical (unpaired) electrons. The van der Waals surface area contributed by atoms with E-state index in [0.717, 1.165) is 16.9 Å². The molecule has 1 aromatic rings. The summed E-state index contributed by atoms with van der Waals surface area (Å²) in [6.45, 7) is 3.70. The Kier molecular flexibility index (Phi) is 4.29. The minimum absolute atomic E-state index is 0.316. The molecule has 0 bridgehead atoms. The second-order valence-electron chi connectivity index (χ2n) is 3.32. The van der Waals surface area contributed by atoms with Crippen LogP contribution in [0.5, 0.6) is 0 Å². The van der Waals surface area contributed by atoms with Crippen LogP contribution in [-0.2, 0) is 17.2 Å². The summed E-state index contributed by atoms with van der Waals surface area (Å²) in [6.07, 6.45) is 0.364. The molecule has 0 amide bonds. The van der Waals surface area contributed by atoms with Crippen molar-refractivity contribution in [2.75, 3.05) is 5.75 Å². The second kappa shape index (κ2) is 5.27. The summed E-state index contributed by atoms with van der Waals surface area (Å²) in [4.78, 5) is 0.857. The van der Waals surface area contributed by atoms with E-state index in [1.807, 2.05) is 31.2 Å². The van der Waals surface area contributed by atoms with Crippen LogP contribution in [0.15, 0.2) is 29.2 Å². The molecular formula is C11H16O2S. The fourth-order valence-corrected chi connectivity index (χ4v) is 2.68. The van der Waals surface area contributed by atoms with Crippen molar-refractivity contribution < 1.29 is 9.32 Å². The maximum Gasteiger partial charge on any atom is 0.0630 e. The molecule has 0 spiro atoms. The van der Waals surface area contributed by atoms with E-state index in [4.69, 9.17) is 5.11 Å². The fourth-order valence-electron chi connectivity index (χ4n) is 1.33. The molecule has 0 aliphatic rings. The predicted octanol–water partition coefficient (Wildman–Crippen LogP) is 1.74. The van der Waals surface area contributed by atoms with Gasteiger partial charge in [0.15, 0.2) is 0 Å². The third-order valence-electron chi connectivity index (χ3n) is 1.99. The molecule has 1 rings (SSSR count). The lowest BCUT2D eigenvalue weighted by Crippen LogP contribution is -2.13. The van der Waals surface area contributed by atoms with Crippen molar-refractivity contribution >= 4 is 10.8 Å². The van der Waals surface area contributed by atoms with Gasteiger partial charge in [0.2, 0.25) is 0 Å². The minimum atomic E-state index is -1.07. The maximum absolute atomic E-state index is 11.8. The zero-order valence-corrected chi connectivity index (χ0v) is 9.38. The van der Waals surface area contributed by atoms with Crippen LogP contribution in [0.3, 0.4) is 0 Å². The van der Waals surface area contributed by atoms with Crippen LogP contribution >= 0.6 is 0 Å². The Balaban J connectivity index is 2.88. The Morgan fingerprint density at radius 1 is 1.43 bits per heavy atom. The van der Waals surface area contributed by atoms with Crippen molar-refractivity contribution in [1.29, 1.82) is 0 Å². The number of aliphatic hydroxyl groups excluding tert-OH is 1. The Morgan fingerprint density at radius 3 is 2.64 bits per heavy atom. The Labute approximate surface area is 87.4 Å². The monoisotopic (exact) mass is 212 g/mol. The molecule has 0 saturated heterocycles. The highest BCUT2D eigenvalue weighted by Gasteiger charge is 2.10. The number of hydrogen-bond acceptors (Lipinski definition) is 2. The number of rotatable bonds is 4. The minimum Gasteiger partial charge on any atom is -0.392 e. The van der Waals surface area contributed by atoms with E-state index < -0.39 is 16.9 Å². The van der Waals surface area contributed by atoms with E-state index in [-0.39, 0.29) is 0 Å². The fraction of sp³-hybridized carbons (Fsp3) is 0.455. The highest BCUT2D eigenvalue weighted by Crippen LogP contribution is 2.14. The smallest absolute Gasteiger partial charge is 0.0630 e. The first-order valence-corrected chi connectivity index (χ1v) is 6.11. The molecule has 0 heterocycles. The van der Waals surface area contributed by atoms with E-state index in [1.165, 1.54) is 0 Å². The molecular weight excluding hydrogens is 196 g/mol. The first-order valence-electron chi connectivity index (χ1n) is 4.79. The SMILES string of the molecule is CCc1ccccc1S(=O)C[C@H](C)O. The van der Waals surface area contributed by atoms with Gasteiger partial charge >= 0.3 is 0 Å². The summed E-state index contributed by atoms with van der Waals surface area (Å²) < 4.78 is 11.8. The maximum atomic E-state index is 11.8. The Morgan fingerprint density at radius 2 is 2.07 bits per heavy atom. The molecule has 14 heavy (non-hydrogen) atoms. The van der Waals surface area contributed by atoms with Gasteiger partial charge in [-0.1, -0.05) is 25.1 Å². The summed E-state index contributed by atoms with van der Waals surface area (Å²) in [6, 6.07) is 7.68. The molecule has 1 unspecified atom stereocenters. The van der Waals surface area contributed by atoms with Crippen LogP contribution in [0.1, 0.15) is 19.4 Å². The predicted molar refractivity (Wildman–Crippen MR) is 58.8 cm³/mol. The van der Waals surface area contributed by atoms with Crippen molar-refractivity contribution in [3.63, 3.8) is 0 Å². The van der Waals surface area contributed by atoms with Crippen molar-refractivity contribution in [2.24, 2.45) is 0 Å². The van der Waals surface area contributed by atoms with Gasteiger partial charge in [0, 0.05) is 4.90 Å². The van der Waals surface area contributed by atoms with E-state index in [2.05, 4.69) is 0 Å². The summed E-state index contributed by atoms with van der Waals surface area (Å²) in [5, 5.41) is 9.15. The lowest BCUT2D eigenvalue weighted by Gasteiger charge is -2.08. The third kappa shape index (κ3) is 2.93. The largest absolute Gasteiger partial charge is 0.392 e. The zero-order chi connectivity index (χ0) is 10.6. The van der Waals surface area contributed by atoms with E-state index >= 15 is 0 Å². The quantitative estimate of drug-likeness (QED) is 0.825. The topological polar surface area (TPSA) is 37.3 Å². The van der Waals surface area contributed by atoms with Gasteiger partial charge in [-0.3, -0.25) is 4.21 Å². The summed E-state index contributed by atoms with van der Waals surface area (Å²) in [5.74, 6) is 0.316. The van der Waals surface area contributed by atoms with Gasteiger partial charge < -0.3 is 5.11 Å². The summed E-state index contributed by atoms with van der Waals surface area (Å²) >= 11 is 0. The van der Waals surface area contributed by atoms with Crippen LogP contribution in [-0.4, -0.2) is 21.2 Å². The van der Waals surface area contributed by atoms with E-state index in [0.29, 0.717) is 5.75 Å². The first-order chi connectivity index (χ1) is 6.65. The number of aliphatic hydroxyl groups is 1. The standard InChI is InChI=1S/C11H16O2S/c1-3-10-6-4-5-7-11(10)14(13)8-9(2)12/h4-7,9,12H,3,8H2,1-2H3/t9-,14?/m0/s1. The molecule has 0 aliphatic carbocycles. The highest BCUT2D eigenvalue weighted by atomic mass is 32.2. The molecule has 1 N–H and O–H groups in total. The lowest BCUT2D eigenvalue weighted by atomic mass is 10.2. The van der Waals surface area contributed by atoms with E-state index in [1.54, 1.807) is 6.92 Å². The van der Waals surface area contributed by atoms with Gasteiger partial charge in [-0.05, 0) is 25.0 Å². The van der Waals surface area contributed by atoms with Crippen LogP contribution in [0.2, 0.25) is 0 Å². The molecule has 0 fully saturated rings. The van der Waals surface area contributed by atoms with Gasteiger partial charge in [-0.25, -0.2) is 0 Å². The van der Waals surface area contributed by atoms with Crippen molar-refractivity contribution in [1.82, 2.24) is 0 Å². The van der Waals surface area contributed by atoms with E-state index in [9.17, 15) is 4.21 Å². The zero-order valence-electron chi connectivity index (χ0n) is 8.56. The van der Waals surface area contributed by atoms with Crippen LogP contribution in [0.4, 0.5) is 0 Å². The van der Waals surface area contributed by atoms with Gasteiger partial charge in [0.1, 0.15) is 0 Å². The second-order valence-corrected chi connectivity index (χ2v) is 4.79. The molecule has 3 heteroatoms. The van der Waals surface area contributed by atoms with Crippen molar-refractivity contribution in [3.8, 4) is 0 Å². The first kappa shape index (κ1) is 11.4. The van der Waals surface area contributed by atoms with Gasteiger partial charge in [0.05, 0.1) is 22.7 Å². The molecule has 0 aliphatic heterocycles.